The van der Waals surface area contributed by atoms with Crippen LogP contribution in [0.3, 0.4) is 0 Å². The number of carbonyl (C=O) groups excluding carboxylic acids is 1. The zero-order chi connectivity index (χ0) is 12.4. The van der Waals surface area contributed by atoms with E-state index < -0.39 is 6.10 Å². The van der Waals surface area contributed by atoms with Gasteiger partial charge in [-0.15, -0.1) is 0 Å². The Bertz CT molecular complexity index is 432. The molecule has 1 aromatic carbocycles. The van der Waals surface area contributed by atoms with Gasteiger partial charge < -0.3 is 9.47 Å². The molecule has 92 valence electrons. The maximum atomic E-state index is 11.6. The molecule has 0 aromatic heterocycles. The van der Waals surface area contributed by atoms with Crippen molar-refractivity contribution < 1.29 is 14.3 Å². The molecular weight excluding hydrogens is 307 g/mol. The summed E-state index contributed by atoms with van der Waals surface area (Å²) in [4.78, 5) is 11.6. The van der Waals surface area contributed by atoms with Crippen molar-refractivity contribution in [3.05, 3.63) is 27.7 Å². The maximum Gasteiger partial charge on any atom is 0.347 e. The molecular formula is C12H12BrClO3. The van der Waals surface area contributed by atoms with E-state index in [1.807, 2.05) is 6.07 Å². The summed E-state index contributed by atoms with van der Waals surface area (Å²) in [5.74, 6) is 0.407. The van der Waals surface area contributed by atoms with Crippen molar-refractivity contribution in [3.63, 3.8) is 0 Å². The molecule has 1 atom stereocenters. The monoisotopic (exact) mass is 318 g/mol. The van der Waals surface area contributed by atoms with Crippen LogP contribution in [0.5, 0.6) is 5.75 Å². The zero-order valence-electron chi connectivity index (χ0n) is 9.28. The zero-order valence-corrected chi connectivity index (χ0v) is 11.6. The first-order chi connectivity index (χ1) is 8.11. The highest BCUT2D eigenvalue weighted by atomic mass is 79.9. The highest BCUT2D eigenvalue weighted by Crippen LogP contribution is 2.37. The van der Waals surface area contributed by atoms with Crippen LogP contribution in [0.1, 0.15) is 12.8 Å². The lowest BCUT2D eigenvalue weighted by atomic mass is 10.2. The molecule has 0 N–H and O–H groups in total. The molecule has 0 amide bonds. The number of methoxy groups -OCH3 is 1. The van der Waals surface area contributed by atoms with Crippen LogP contribution in [0.2, 0.25) is 5.02 Å². The predicted molar refractivity (Wildman–Crippen MR) is 68.3 cm³/mol. The van der Waals surface area contributed by atoms with E-state index in [-0.39, 0.29) is 11.9 Å². The molecule has 1 unspecified atom stereocenters. The van der Waals surface area contributed by atoms with Crippen LogP contribution in [-0.2, 0) is 9.53 Å². The first-order valence-corrected chi connectivity index (χ1v) is 6.48. The van der Waals surface area contributed by atoms with Crippen LogP contribution in [0.15, 0.2) is 22.7 Å². The molecule has 1 aromatic rings. The van der Waals surface area contributed by atoms with Gasteiger partial charge in [0.05, 0.1) is 12.1 Å². The molecule has 1 aliphatic rings. The van der Waals surface area contributed by atoms with Crippen molar-refractivity contribution in [2.45, 2.75) is 18.9 Å². The van der Waals surface area contributed by atoms with Gasteiger partial charge in [-0.25, -0.2) is 4.79 Å². The molecule has 17 heavy (non-hydrogen) atoms. The van der Waals surface area contributed by atoms with Gasteiger partial charge in [-0.3, -0.25) is 0 Å². The van der Waals surface area contributed by atoms with Gasteiger partial charge in [-0.2, -0.15) is 0 Å². The Balaban J connectivity index is 2.16. The van der Waals surface area contributed by atoms with Crippen LogP contribution < -0.4 is 4.74 Å². The first-order valence-electron chi connectivity index (χ1n) is 5.31. The minimum atomic E-state index is -0.549. The van der Waals surface area contributed by atoms with Crippen LogP contribution in [0.25, 0.3) is 0 Å². The highest BCUT2D eigenvalue weighted by molar-refractivity contribution is 9.10. The summed E-state index contributed by atoms with van der Waals surface area (Å²) >= 11 is 9.35. The SMILES string of the molecule is COC(=O)C(Oc1cc(Br)ccc1Cl)C1CC1. The molecule has 1 fully saturated rings. The number of esters is 1. The van der Waals surface area contributed by atoms with Gasteiger partial charge in [0.1, 0.15) is 5.75 Å². The molecule has 1 saturated carbocycles. The van der Waals surface area contributed by atoms with Gasteiger partial charge in [0.15, 0.2) is 6.10 Å². The molecule has 0 radical (unpaired) electrons. The number of benzene rings is 1. The Hall–Kier alpha value is -0.740. The lowest BCUT2D eigenvalue weighted by Crippen LogP contribution is -2.30. The minimum Gasteiger partial charge on any atom is -0.477 e. The molecule has 0 aliphatic heterocycles. The van der Waals surface area contributed by atoms with E-state index in [1.165, 1.54) is 7.11 Å². The molecule has 0 spiro atoms. The quantitative estimate of drug-likeness (QED) is 0.798. The molecule has 2 rings (SSSR count). The summed E-state index contributed by atoms with van der Waals surface area (Å²) in [5.41, 5.74) is 0. The number of halogens is 2. The largest absolute Gasteiger partial charge is 0.477 e. The fraction of sp³-hybridized carbons (Fsp3) is 0.417. The second-order valence-electron chi connectivity index (χ2n) is 3.97. The van der Waals surface area contributed by atoms with E-state index in [9.17, 15) is 4.79 Å². The van der Waals surface area contributed by atoms with Crippen molar-refractivity contribution in [3.8, 4) is 5.75 Å². The van der Waals surface area contributed by atoms with E-state index in [1.54, 1.807) is 12.1 Å². The van der Waals surface area contributed by atoms with Gasteiger partial charge in [-0.1, -0.05) is 27.5 Å². The number of hydrogen-bond donors (Lipinski definition) is 0. The number of carbonyl (C=O) groups is 1. The molecule has 0 heterocycles. The highest BCUT2D eigenvalue weighted by Gasteiger charge is 2.39. The van der Waals surface area contributed by atoms with Crippen molar-refractivity contribution in [2.75, 3.05) is 7.11 Å². The van der Waals surface area contributed by atoms with Gasteiger partial charge in [0, 0.05) is 10.4 Å². The molecule has 0 bridgehead atoms. The standard InChI is InChI=1S/C12H12BrClO3/c1-16-12(15)11(7-2-3-7)17-10-6-8(13)4-5-9(10)14/h4-7,11H,2-3H2,1H3. The summed E-state index contributed by atoms with van der Waals surface area (Å²) in [7, 11) is 1.36. The Morgan fingerprint density at radius 1 is 1.53 bits per heavy atom. The van der Waals surface area contributed by atoms with E-state index in [0.29, 0.717) is 10.8 Å². The van der Waals surface area contributed by atoms with Crippen LogP contribution in [-0.4, -0.2) is 19.2 Å². The third-order valence-corrected chi connectivity index (χ3v) is 3.44. The Morgan fingerprint density at radius 2 is 2.24 bits per heavy atom. The smallest absolute Gasteiger partial charge is 0.347 e. The van der Waals surface area contributed by atoms with E-state index in [4.69, 9.17) is 21.1 Å². The fourth-order valence-corrected chi connectivity index (χ4v) is 2.06. The molecule has 1 aliphatic carbocycles. The van der Waals surface area contributed by atoms with E-state index >= 15 is 0 Å². The minimum absolute atomic E-state index is 0.248. The van der Waals surface area contributed by atoms with Gasteiger partial charge in [0.25, 0.3) is 0 Å². The number of rotatable bonds is 4. The second-order valence-corrected chi connectivity index (χ2v) is 5.30. The summed E-state index contributed by atoms with van der Waals surface area (Å²) in [6, 6.07) is 5.29. The molecule has 3 nitrogen and oxygen atoms in total. The van der Waals surface area contributed by atoms with Gasteiger partial charge >= 0.3 is 5.97 Å². The maximum absolute atomic E-state index is 11.6. The Labute approximate surface area is 113 Å². The number of hydrogen-bond acceptors (Lipinski definition) is 3. The fourth-order valence-electron chi connectivity index (χ4n) is 1.56. The third-order valence-electron chi connectivity index (χ3n) is 2.63. The van der Waals surface area contributed by atoms with Crippen molar-refractivity contribution >= 4 is 33.5 Å². The van der Waals surface area contributed by atoms with Crippen molar-refractivity contribution in [1.82, 2.24) is 0 Å². The average Bonchev–Trinajstić information content (AvgIpc) is 3.13. The van der Waals surface area contributed by atoms with E-state index in [0.717, 1.165) is 17.3 Å². The summed E-state index contributed by atoms with van der Waals surface area (Å²) in [5, 5.41) is 0.489. The second kappa shape index (κ2) is 5.27. The summed E-state index contributed by atoms with van der Waals surface area (Å²) in [6.45, 7) is 0. The Kier molecular flexibility index (Phi) is 3.94. The van der Waals surface area contributed by atoms with Crippen LogP contribution >= 0.6 is 27.5 Å². The molecule has 5 heteroatoms. The topological polar surface area (TPSA) is 35.5 Å². The summed E-state index contributed by atoms with van der Waals surface area (Å²) < 4.78 is 11.3. The third kappa shape index (κ3) is 3.13. The van der Waals surface area contributed by atoms with Crippen molar-refractivity contribution in [1.29, 1.82) is 0 Å². The lowest BCUT2D eigenvalue weighted by molar-refractivity contribution is -0.149. The molecule has 0 saturated heterocycles. The van der Waals surface area contributed by atoms with Gasteiger partial charge in [0.2, 0.25) is 0 Å². The average molecular weight is 320 g/mol. The van der Waals surface area contributed by atoms with E-state index in [2.05, 4.69) is 15.9 Å². The lowest BCUT2D eigenvalue weighted by Gasteiger charge is -2.17. The summed E-state index contributed by atoms with van der Waals surface area (Å²) in [6.07, 6.45) is 1.43. The predicted octanol–water partition coefficient (Wildman–Crippen LogP) is 3.43. The Morgan fingerprint density at radius 3 is 2.82 bits per heavy atom. The van der Waals surface area contributed by atoms with Crippen LogP contribution in [0.4, 0.5) is 0 Å². The normalized spacial score (nSPS) is 16.4. The number of ether oxygens (including phenoxy) is 2. The van der Waals surface area contributed by atoms with Gasteiger partial charge in [-0.05, 0) is 31.0 Å². The first kappa shape index (κ1) is 12.7. The van der Waals surface area contributed by atoms with Crippen LogP contribution in [0, 0.1) is 5.92 Å². The van der Waals surface area contributed by atoms with Crippen molar-refractivity contribution in [2.24, 2.45) is 5.92 Å².